The van der Waals surface area contributed by atoms with Crippen molar-refractivity contribution < 1.29 is 9.47 Å². The third-order valence-electron chi connectivity index (χ3n) is 5.19. The smallest absolute Gasteiger partial charge is 0.124 e. The van der Waals surface area contributed by atoms with Crippen LogP contribution in [0.25, 0.3) is 22.3 Å². The van der Waals surface area contributed by atoms with Gasteiger partial charge in [-0.25, -0.2) is 4.98 Å². The minimum atomic E-state index is -0.0920. The molecule has 2 aromatic carbocycles. The second kappa shape index (κ2) is 9.44. The number of aryl methyl sites for hydroxylation is 1. The predicted octanol–water partition coefficient (Wildman–Crippen LogP) is 5.24. The Hall–Kier alpha value is -4.05. The number of rotatable bonds is 6. The van der Waals surface area contributed by atoms with Crippen LogP contribution in [0.15, 0.2) is 55.0 Å². The Balaban J connectivity index is 1.81. The monoisotopic (exact) mass is 455 g/mol. The van der Waals surface area contributed by atoms with Crippen molar-refractivity contribution in [3.05, 3.63) is 55.0 Å². The molecule has 0 aliphatic heterocycles. The highest BCUT2D eigenvalue weighted by atomic mass is 16.5. The quantitative estimate of drug-likeness (QED) is 0.371. The lowest BCUT2D eigenvalue weighted by Crippen LogP contribution is -2.18. The van der Waals surface area contributed by atoms with Gasteiger partial charge < -0.3 is 14.4 Å². The van der Waals surface area contributed by atoms with Crippen LogP contribution in [-0.4, -0.2) is 40.5 Å². The van der Waals surface area contributed by atoms with Gasteiger partial charge in [0.15, 0.2) is 0 Å². The Labute approximate surface area is 200 Å². The van der Waals surface area contributed by atoms with Crippen molar-refractivity contribution in [2.75, 3.05) is 25.7 Å². The van der Waals surface area contributed by atoms with Crippen LogP contribution in [0.1, 0.15) is 20.8 Å². The van der Waals surface area contributed by atoms with E-state index in [4.69, 9.17) is 14.5 Å². The van der Waals surface area contributed by atoms with Crippen LogP contribution >= 0.6 is 0 Å². The average molecular weight is 456 g/mol. The Morgan fingerprint density at radius 1 is 0.941 bits per heavy atom. The summed E-state index contributed by atoms with van der Waals surface area (Å²) in [5, 5.41) is 4.25. The van der Waals surface area contributed by atoms with E-state index in [-0.39, 0.29) is 5.41 Å². The van der Waals surface area contributed by atoms with Gasteiger partial charge in [-0.05, 0) is 39.0 Å². The van der Waals surface area contributed by atoms with Gasteiger partial charge in [0.25, 0.3) is 0 Å². The molecule has 4 rings (SSSR count). The number of ether oxygens (including phenoxy) is 2. The number of hydrogen-bond acceptors (Lipinski definition) is 6. The summed E-state index contributed by atoms with van der Waals surface area (Å²) in [6.07, 6.45) is 5.49. The third-order valence-corrected chi connectivity index (χ3v) is 5.19. The fraction of sp³-hybridized carbons (Fsp3) is 0.296. The lowest BCUT2D eigenvalue weighted by molar-refractivity contribution is 0.394. The molecule has 0 aliphatic rings. The molecule has 0 amide bonds. The van der Waals surface area contributed by atoms with Crippen LogP contribution in [0, 0.1) is 17.3 Å². The molecule has 2 aromatic heterocycles. The molecule has 0 spiro atoms. The van der Waals surface area contributed by atoms with E-state index in [1.165, 1.54) is 0 Å². The van der Waals surface area contributed by atoms with Crippen molar-refractivity contribution in [3.63, 3.8) is 0 Å². The van der Waals surface area contributed by atoms with E-state index in [1.807, 2.05) is 49.6 Å². The predicted molar refractivity (Wildman–Crippen MR) is 136 cm³/mol. The lowest BCUT2D eigenvalue weighted by Gasteiger charge is -2.24. The number of hydrogen-bond donors (Lipinski definition) is 0. The van der Waals surface area contributed by atoms with Gasteiger partial charge in [-0.1, -0.05) is 11.8 Å². The first-order valence-electron chi connectivity index (χ1n) is 11.0. The topological polar surface area (TPSA) is 65.3 Å². The molecule has 0 aliphatic carbocycles. The van der Waals surface area contributed by atoms with Crippen molar-refractivity contribution in [3.8, 4) is 34.6 Å². The summed E-state index contributed by atoms with van der Waals surface area (Å²) < 4.78 is 12.8. The van der Waals surface area contributed by atoms with E-state index in [0.717, 1.165) is 33.7 Å². The van der Waals surface area contributed by atoms with E-state index in [1.54, 1.807) is 31.3 Å². The maximum absolute atomic E-state index is 5.51. The van der Waals surface area contributed by atoms with Crippen LogP contribution in [0.2, 0.25) is 0 Å². The summed E-state index contributed by atoms with van der Waals surface area (Å²) >= 11 is 0. The van der Waals surface area contributed by atoms with Crippen LogP contribution in [0.5, 0.6) is 11.5 Å². The molecule has 0 atom stereocenters. The Kier molecular flexibility index (Phi) is 6.42. The van der Waals surface area contributed by atoms with Gasteiger partial charge in [0.05, 0.1) is 49.9 Å². The molecule has 0 bridgehead atoms. The van der Waals surface area contributed by atoms with Gasteiger partial charge >= 0.3 is 0 Å². The van der Waals surface area contributed by atoms with E-state index in [9.17, 15) is 0 Å². The van der Waals surface area contributed by atoms with Crippen molar-refractivity contribution in [2.24, 2.45) is 12.5 Å². The first kappa shape index (κ1) is 23.1. The highest BCUT2D eigenvalue weighted by Crippen LogP contribution is 2.34. The van der Waals surface area contributed by atoms with E-state index in [2.05, 4.69) is 47.6 Å². The fourth-order valence-electron chi connectivity index (χ4n) is 3.52. The number of aromatic nitrogens is 4. The maximum Gasteiger partial charge on any atom is 0.124 e. The zero-order valence-electron chi connectivity index (χ0n) is 20.5. The van der Waals surface area contributed by atoms with Gasteiger partial charge in [-0.3, -0.25) is 9.67 Å². The van der Waals surface area contributed by atoms with Gasteiger partial charge in [-0.2, -0.15) is 5.10 Å². The fourth-order valence-corrected chi connectivity index (χ4v) is 3.52. The standard InChI is InChI=1S/C27H29N5O2/c1-27(2,3)10-7-11-32(21-12-22(33-5)15-23(13-21)34-6)20-8-9-24-25(14-20)30-26(17-28-24)19-16-29-31(4)18-19/h8-9,12-18H,11H2,1-6H3. The number of nitrogens with zero attached hydrogens (tertiary/aromatic N) is 5. The van der Waals surface area contributed by atoms with Gasteiger partial charge in [0.1, 0.15) is 11.5 Å². The van der Waals surface area contributed by atoms with Crippen LogP contribution in [0.3, 0.4) is 0 Å². The summed E-state index contributed by atoms with van der Waals surface area (Å²) in [5.41, 5.74) is 5.08. The van der Waals surface area contributed by atoms with Crippen LogP contribution in [-0.2, 0) is 7.05 Å². The van der Waals surface area contributed by atoms with Crippen molar-refractivity contribution in [1.82, 2.24) is 19.7 Å². The molecule has 0 saturated carbocycles. The van der Waals surface area contributed by atoms with Crippen molar-refractivity contribution >= 4 is 22.4 Å². The molecule has 0 unspecified atom stereocenters. The van der Waals surface area contributed by atoms with Gasteiger partial charge in [0.2, 0.25) is 0 Å². The Bertz CT molecular complexity index is 1350. The zero-order valence-corrected chi connectivity index (χ0v) is 20.5. The molecule has 0 radical (unpaired) electrons. The first-order valence-corrected chi connectivity index (χ1v) is 11.0. The Morgan fingerprint density at radius 3 is 2.29 bits per heavy atom. The zero-order chi connectivity index (χ0) is 24.3. The molecule has 7 heteroatoms. The van der Waals surface area contributed by atoms with Crippen LogP contribution < -0.4 is 14.4 Å². The lowest BCUT2D eigenvalue weighted by atomic mass is 9.98. The second-order valence-electron chi connectivity index (χ2n) is 9.04. The molecule has 7 nitrogen and oxygen atoms in total. The second-order valence-corrected chi connectivity index (χ2v) is 9.04. The largest absolute Gasteiger partial charge is 0.497 e. The molecule has 4 aromatic rings. The minimum absolute atomic E-state index is 0.0920. The molecular weight excluding hydrogens is 426 g/mol. The minimum Gasteiger partial charge on any atom is -0.497 e. The SMILES string of the molecule is COc1cc(OC)cc(N(CC#CC(C)(C)C)c2ccc3ncc(-c4cnn(C)c4)nc3c2)c1. The molecular formula is C27H29N5O2. The average Bonchev–Trinajstić information content (AvgIpc) is 3.26. The van der Waals surface area contributed by atoms with Crippen molar-refractivity contribution in [2.45, 2.75) is 20.8 Å². The third kappa shape index (κ3) is 5.29. The first-order chi connectivity index (χ1) is 16.3. The molecule has 2 heterocycles. The van der Waals surface area contributed by atoms with Crippen molar-refractivity contribution in [1.29, 1.82) is 0 Å². The molecule has 174 valence electrons. The van der Waals surface area contributed by atoms with E-state index >= 15 is 0 Å². The van der Waals surface area contributed by atoms with Crippen LogP contribution in [0.4, 0.5) is 11.4 Å². The highest BCUT2D eigenvalue weighted by Gasteiger charge is 2.14. The highest BCUT2D eigenvalue weighted by molar-refractivity contribution is 5.83. The number of methoxy groups -OCH3 is 2. The number of benzene rings is 2. The van der Waals surface area contributed by atoms with Gasteiger partial charge in [-0.15, -0.1) is 0 Å². The summed E-state index contributed by atoms with van der Waals surface area (Å²) in [6, 6.07) is 11.9. The summed E-state index contributed by atoms with van der Waals surface area (Å²) in [6.45, 7) is 6.80. The maximum atomic E-state index is 5.51. The Morgan fingerprint density at radius 2 is 1.68 bits per heavy atom. The van der Waals surface area contributed by atoms with Gasteiger partial charge in [0, 0.05) is 53.8 Å². The number of anilines is 2. The summed E-state index contributed by atoms with van der Waals surface area (Å²) in [7, 11) is 5.18. The van der Waals surface area contributed by atoms with E-state index in [0.29, 0.717) is 18.0 Å². The number of fused-ring (bicyclic) bond motifs is 1. The molecule has 0 saturated heterocycles. The molecule has 0 N–H and O–H groups in total. The normalized spacial score (nSPS) is 11.1. The molecule has 34 heavy (non-hydrogen) atoms. The van der Waals surface area contributed by atoms with E-state index < -0.39 is 0 Å². The summed E-state index contributed by atoms with van der Waals surface area (Å²) in [5.74, 6) is 8.08. The molecule has 0 fully saturated rings. The summed E-state index contributed by atoms with van der Waals surface area (Å²) in [4.78, 5) is 11.6.